The molecule has 4 nitrogen and oxygen atoms in total. The van der Waals surface area contributed by atoms with Crippen molar-refractivity contribution in [1.82, 2.24) is 4.90 Å². The van der Waals surface area contributed by atoms with Gasteiger partial charge in [0.15, 0.2) is 0 Å². The molecule has 4 heteroatoms. The molecule has 0 saturated carbocycles. The molecule has 1 fully saturated rings. The van der Waals surface area contributed by atoms with Crippen molar-refractivity contribution in [2.75, 3.05) is 19.6 Å². The summed E-state index contributed by atoms with van der Waals surface area (Å²) in [6.45, 7) is 6.60. The van der Waals surface area contributed by atoms with Crippen LogP contribution in [-0.2, 0) is 12.8 Å². The Morgan fingerprint density at radius 3 is 2.60 bits per heavy atom. The molecule has 0 amide bonds. The van der Waals surface area contributed by atoms with E-state index >= 15 is 0 Å². The van der Waals surface area contributed by atoms with Crippen molar-refractivity contribution < 1.29 is 14.9 Å². The van der Waals surface area contributed by atoms with Crippen LogP contribution in [0.1, 0.15) is 71.3 Å². The van der Waals surface area contributed by atoms with Crippen LogP contribution in [0.3, 0.4) is 0 Å². The first kappa shape index (κ1) is 20.0. The van der Waals surface area contributed by atoms with E-state index in [1.54, 1.807) is 0 Å². The number of nitrogens with zero attached hydrogens (tertiary/aromatic N) is 1. The van der Waals surface area contributed by atoms with Crippen LogP contribution in [0.5, 0.6) is 5.75 Å². The zero-order chi connectivity index (χ0) is 20.9. The molecule has 0 bridgehead atoms. The van der Waals surface area contributed by atoms with Gasteiger partial charge in [0.05, 0.1) is 12.2 Å². The van der Waals surface area contributed by atoms with Gasteiger partial charge < -0.3 is 19.8 Å². The van der Waals surface area contributed by atoms with Crippen LogP contribution in [0.25, 0.3) is 0 Å². The molecule has 2 aliphatic heterocycles. The highest BCUT2D eigenvalue weighted by Crippen LogP contribution is 2.45. The monoisotopic (exact) mass is 407 g/mol. The van der Waals surface area contributed by atoms with E-state index in [1.807, 2.05) is 0 Å². The van der Waals surface area contributed by atoms with E-state index < -0.39 is 12.2 Å². The van der Waals surface area contributed by atoms with E-state index in [4.69, 9.17) is 4.74 Å². The highest BCUT2D eigenvalue weighted by Gasteiger charge is 2.43. The SMILES string of the molecule is Cc1cc2c(cc1C)[C@@H](O)CC1(CCN(C[C@@H](O)c3ccc4c(c3)CCC4)CC1)O2. The number of benzene rings is 2. The molecule has 2 atom stereocenters. The topological polar surface area (TPSA) is 52.9 Å². The summed E-state index contributed by atoms with van der Waals surface area (Å²) in [4.78, 5) is 2.34. The maximum absolute atomic E-state index is 10.8. The zero-order valence-corrected chi connectivity index (χ0v) is 18.2. The van der Waals surface area contributed by atoms with Gasteiger partial charge in [-0.2, -0.15) is 0 Å². The highest BCUT2D eigenvalue weighted by atomic mass is 16.5. The van der Waals surface area contributed by atoms with Gasteiger partial charge in [-0.15, -0.1) is 0 Å². The zero-order valence-electron chi connectivity index (χ0n) is 18.2. The van der Waals surface area contributed by atoms with Gasteiger partial charge in [0.2, 0.25) is 0 Å². The maximum atomic E-state index is 10.8. The highest BCUT2D eigenvalue weighted by molar-refractivity contribution is 5.45. The second-order valence-electron chi connectivity index (χ2n) is 9.68. The first-order valence-electron chi connectivity index (χ1n) is 11.4. The molecule has 2 aromatic carbocycles. The number of piperidine rings is 1. The molecule has 2 aromatic rings. The molecule has 2 N–H and O–H groups in total. The Kier molecular flexibility index (Phi) is 5.12. The number of β-amino-alcohol motifs (C(OH)–C–C–N with tert-alkyl or cyclic N) is 1. The van der Waals surface area contributed by atoms with Gasteiger partial charge in [0.25, 0.3) is 0 Å². The summed E-state index contributed by atoms with van der Waals surface area (Å²) >= 11 is 0. The van der Waals surface area contributed by atoms with E-state index in [1.165, 1.54) is 35.1 Å². The molecule has 1 spiro atoms. The molecule has 1 saturated heterocycles. The minimum atomic E-state index is -0.461. The number of ether oxygens (including phenoxy) is 1. The standard InChI is InChI=1S/C26H33NO3/c1-17-12-22-23(28)15-26(30-25(22)13-18(17)2)8-10-27(11-9-26)16-24(29)21-7-6-19-4-3-5-20(19)14-21/h6-7,12-14,23-24,28-29H,3-5,8-11,15-16H2,1-2H3/t23-,24+/m0/s1. The summed E-state index contributed by atoms with van der Waals surface area (Å²) < 4.78 is 6.51. The third kappa shape index (κ3) is 3.66. The normalized spacial score (nSPS) is 23.7. The fourth-order valence-electron chi connectivity index (χ4n) is 5.50. The van der Waals surface area contributed by atoms with Crippen molar-refractivity contribution in [2.45, 2.75) is 70.2 Å². The van der Waals surface area contributed by atoms with Crippen molar-refractivity contribution >= 4 is 0 Å². The van der Waals surface area contributed by atoms with Crippen LogP contribution in [0.4, 0.5) is 0 Å². The van der Waals surface area contributed by atoms with Crippen LogP contribution >= 0.6 is 0 Å². The van der Waals surface area contributed by atoms with Crippen molar-refractivity contribution in [1.29, 1.82) is 0 Å². The maximum Gasteiger partial charge on any atom is 0.126 e. The molecule has 1 aliphatic carbocycles. The van der Waals surface area contributed by atoms with Gasteiger partial charge in [-0.05, 0) is 85.9 Å². The van der Waals surface area contributed by atoms with Crippen LogP contribution in [0.15, 0.2) is 30.3 Å². The molecular weight excluding hydrogens is 374 g/mol. The lowest BCUT2D eigenvalue weighted by Crippen LogP contribution is -2.51. The summed E-state index contributed by atoms with van der Waals surface area (Å²) in [6.07, 6.45) is 5.06. The van der Waals surface area contributed by atoms with Crippen molar-refractivity contribution in [3.8, 4) is 5.75 Å². The number of aliphatic hydroxyl groups is 2. The number of fused-ring (bicyclic) bond motifs is 2. The largest absolute Gasteiger partial charge is 0.487 e. The number of rotatable bonds is 3. The summed E-state index contributed by atoms with van der Waals surface area (Å²) in [5.74, 6) is 0.850. The average molecular weight is 408 g/mol. The Morgan fingerprint density at radius 1 is 1.07 bits per heavy atom. The smallest absolute Gasteiger partial charge is 0.126 e. The minimum absolute atomic E-state index is 0.289. The summed E-state index contributed by atoms with van der Waals surface area (Å²) in [5.41, 5.74) is 6.94. The van der Waals surface area contributed by atoms with Gasteiger partial charge >= 0.3 is 0 Å². The molecule has 0 unspecified atom stereocenters. The Hall–Kier alpha value is -1.88. The van der Waals surface area contributed by atoms with E-state index in [0.717, 1.165) is 49.2 Å². The number of likely N-dealkylation sites (tertiary alicyclic amines) is 1. The fourth-order valence-corrected chi connectivity index (χ4v) is 5.50. The van der Waals surface area contributed by atoms with Crippen LogP contribution in [-0.4, -0.2) is 40.3 Å². The Balaban J connectivity index is 1.23. The van der Waals surface area contributed by atoms with E-state index in [0.29, 0.717) is 13.0 Å². The fraction of sp³-hybridized carbons (Fsp3) is 0.538. The summed E-state index contributed by atoms with van der Waals surface area (Å²) in [7, 11) is 0. The minimum Gasteiger partial charge on any atom is -0.487 e. The number of aryl methyl sites for hydroxylation is 4. The van der Waals surface area contributed by atoms with E-state index in [9.17, 15) is 10.2 Å². The average Bonchev–Trinajstić information content (AvgIpc) is 3.19. The summed E-state index contributed by atoms with van der Waals surface area (Å²) in [5, 5.41) is 21.6. The van der Waals surface area contributed by atoms with Crippen molar-refractivity contribution in [3.63, 3.8) is 0 Å². The molecule has 2 heterocycles. The Labute approximate surface area is 179 Å². The molecule has 3 aliphatic rings. The van der Waals surface area contributed by atoms with Gasteiger partial charge in [0, 0.05) is 31.6 Å². The lowest BCUT2D eigenvalue weighted by atomic mass is 9.81. The van der Waals surface area contributed by atoms with Crippen LogP contribution in [0, 0.1) is 13.8 Å². The van der Waals surface area contributed by atoms with Gasteiger partial charge in [0.1, 0.15) is 11.4 Å². The lowest BCUT2D eigenvalue weighted by Gasteiger charge is -2.46. The lowest BCUT2D eigenvalue weighted by molar-refractivity contribution is -0.0588. The Morgan fingerprint density at radius 2 is 1.80 bits per heavy atom. The third-order valence-corrected chi connectivity index (χ3v) is 7.58. The Bertz CT molecular complexity index is 946. The molecule has 0 aromatic heterocycles. The summed E-state index contributed by atoms with van der Waals surface area (Å²) in [6, 6.07) is 10.7. The van der Waals surface area contributed by atoms with E-state index in [-0.39, 0.29) is 5.60 Å². The molecule has 0 radical (unpaired) electrons. The van der Waals surface area contributed by atoms with Crippen LogP contribution < -0.4 is 4.74 Å². The predicted octanol–water partition coefficient (Wildman–Crippen LogP) is 4.18. The molecular formula is C26H33NO3. The van der Waals surface area contributed by atoms with Gasteiger partial charge in [-0.1, -0.05) is 18.2 Å². The number of hydrogen-bond donors (Lipinski definition) is 2. The van der Waals surface area contributed by atoms with Crippen LogP contribution in [0.2, 0.25) is 0 Å². The number of aliphatic hydroxyl groups excluding tert-OH is 2. The second-order valence-corrected chi connectivity index (χ2v) is 9.68. The molecule has 5 rings (SSSR count). The number of hydrogen-bond acceptors (Lipinski definition) is 4. The predicted molar refractivity (Wildman–Crippen MR) is 118 cm³/mol. The third-order valence-electron chi connectivity index (χ3n) is 7.58. The first-order chi connectivity index (χ1) is 14.4. The van der Waals surface area contributed by atoms with Gasteiger partial charge in [-0.3, -0.25) is 0 Å². The molecule has 30 heavy (non-hydrogen) atoms. The van der Waals surface area contributed by atoms with Gasteiger partial charge in [-0.25, -0.2) is 0 Å². The second kappa shape index (κ2) is 7.67. The van der Waals surface area contributed by atoms with E-state index in [2.05, 4.69) is 49.1 Å². The molecule has 160 valence electrons. The first-order valence-corrected chi connectivity index (χ1v) is 11.4. The quantitative estimate of drug-likeness (QED) is 0.802. The van der Waals surface area contributed by atoms with Crippen molar-refractivity contribution in [2.24, 2.45) is 0 Å². The van der Waals surface area contributed by atoms with Crippen molar-refractivity contribution in [3.05, 3.63) is 63.7 Å².